The van der Waals surface area contributed by atoms with Gasteiger partial charge < -0.3 is 15.2 Å². The number of carbonyl (C=O) groups excluding carboxylic acids is 1. The summed E-state index contributed by atoms with van der Waals surface area (Å²) in [6.45, 7) is 6.05. The van der Waals surface area contributed by atoms with E-state index in [0.29, 0.717) is 23.6 Å². The number of carbonyl (C=O) groups is 1. The second-order valence-corrected chi connectivity index (χ2v) is 4.84. The fraction of sp³-hybridized carbons (Fsp3) is 0.235. The van der Waals surface area contributed by atoms with Gasteiger partial charge in [0.1, 0.15) is 5.75 Å². The van der Waals surface area contributed by atoms with Crippen LogP contribution >= 0.6 is 0 Å². The first-order valence-corrected chi connectivity index (χ1v) is 6.83. The molecule has 110 valence electrons. The molecule has 0 bridgehead atoms. The summed E-state index contributed by atoms with van der Waals surface area (Å²) in [6, 6.07) is 10.8. The van der Waals surface area contributed by atoms with E-state index in [1.165, 1.54) is 0 Å². The van der Waals surface area contributed by atoms with Gasteiger partial charge in [0.2, 0.25) is 0 Å². The highest BCUT2D eigenvalue weighted by atomic mass is 16.5. The summed E-state index contributed by atoms with van der Waals surface area (Å²) in [7, 11) is 0. The summed E-state index contributed by atoms with van der Waals surface area (Å²) in [5, 5.41) is 0. The minimum Gasteiger partial charge on any atom is -0.462 e. The Balaban J connectivity index is 2.33. The highest BCUT2D eigenvalue weighted by Gasteiger charge is 2.11. The lowest BCUT2D eigenvalue weighted by molar-refractivity contribution is 0.0526. The average Bonchev–Trinajstić information content (AvgIpc) is 2.45. The molecule has 0 amide bonds. The number of esters is 1. The molecule has 0 radical (unpaired) electrons. The van der Waals surface area contributed by atoms with E-state index in [1.54, 1.807) is 25.1 Å². The topological polar surface area (TPSA) is 61.5 Å². The van der Waals surface area contributed by atoms with Crippen molar-refractivity contribution < 1.29 is 14.3 Å². The maximum absolute atomic E-state index is 11.8. The normalized spacial score (nSPS) is 10.2. The van der Waals surface area contributed by atoms with E-state index >= 15 is 0 Å². The SMILES string of the molecule is CCOC(=O)c1ccc(N)c(Oc2cc(C)ccc2C)c1. The lowest BCUT2D eigenvalue weighted by atomic mass is 10.1. The number of ether oxygens (including phenoxy) is 2. The third-order valence-electron chi connectivity index (χ3n) is 3.09. The molecule has 21 heavy (non-hydrogen) atoms. The molecule has 0 saturated carbocycles. The molecule has 0 aromatic heterocycles. The number of nitrogens with two attached hydrogens (primary N) is 1. The highest BCUT2D eigenvalue weighted by Crippen LogP contribution is 2.31. The molecule has 0 saturated heterocycles. The number of hydrogen-bond donors (Lipinski definition) is 1. The first kappa shape index (κ1) is 14.9. The van der Waals surface area contributed by atoms with Crippen molar-refractivity contribution in [2.45, 2.75) is 20.8 Å². The highest BCUT2D eigenvalue weighted by molar-refractivity contribution is 5.90. The molecular weight excluding hydrogens is 266 g/mol. The fourth-order valence-corrected chi connectivity index (χ4v) is 1.90. The number of anilines is 1. The minimum atomic E-state index is -0.386. The molecule has 0 unspecified atom stereocenters. The quantitative estimate of drug-likeness (QED) is 0.684. The van der Waals surface area contributed by atoms with Crippen molar-refractivity contribution in [3.63, 3.8) is 0 Å². The summed E-state index contributed by atoms with van der Waals surface area (Å²) in [6.07, 6.45) is 0. The molecule has 4 heteroatoms. The Morgan fingerprint density at radius 2 is 1.86 bits per heavy atom. The molecule has 0 aliphatic carbocycles. The summed E-state index contributed by atoms with van der Waals surface area (Å²) < 4.78 is 10.8. The largest absolute Gasteiger partial charge is 0.462 e. The Morgan fingerprint density at radius 3 is 2.57 bits per heavy atom. The van der Waals surface area contributed by atoms with Crippen LogP contribution < -0.4 is 10.5 Å². The molecule has 2 aromatic rings. The number of rotatable bonds is 4. The Kier molecular flexibility index (Phi) is 4.48. The lowest BCUT2D eigenvalue weighted by Crippen LogP contribution is -2.05. The number of benzene rings is 2. The van der Waals surface area contributed by atoms with Crippen molar-refractivity contribution in [1.29, 1.82) is 0 Å². The third-order valence-corrected chi connectivity index (χ3v) is 3.09. The molecule has 2 rings (SSSR count). The van der Waals surface area contributed by atoms with Crippen molar-refractivity contribution in [2.24, 2.45) is 0 Å². The standard InChI is InChI=1S/C17H19NO3/c1-4-20-17(19)13-7-8-14(18)16(10-13)21-15-9-11(2)5-6-12(15)3/h5-10H,4,18H2,1-3H3. The molecule has 0 fully saturated rings. The van der Waals surface area contributed by atoms with Gasteiger partial charge in [-0.1, -0.05) is 12.1 Å². The van der Waals surface area contributed by atoms with E-state index in [1.807, 2.05) is 32.0 Å². The fourth-order valence-electron chi connectivity index (χ4n) is 1.90. The zero-order valence-corrected chi connectivity index (χ0v) is 12.5. The number of nitrogen functional groups attached to an aromatic ring is 1. The van der Waals surface area contributed by atoms with E-state index in [2.05, 4.69) is 0 Å². The Hall–Kier alpha value is -2.49. The van der Waals surface area contributed by atoms with Gasteiger partial charge in [-0.2, -0.15) is 0 Å². The Morgan fingerprint density at radius 1 is 1.10 bits per heavy atom. The first-order valence-electron chi connectivity index (χ1n) is 6.83. The maximum Gasteiger partial charge on any atom is 0.338 e. The maximum atomic E-state index is 11.8. The lowest BCUT2D eigenvalue weighted by Gasteiger charge is -2.12. The van der Waals surface area contributed by atoms with Crippen molar-refractivity contribution in [2.75, 3.05) is 12.3 Å². The second-order valence-electron chi connectivity index (χ2n) is 4.84. The molecule has 0 heterocycles. The van der Waals surface area contributed by atoms with Crippen LogP contribution in [0.3, 0.4) is 0 Å². The van der Waals surface area contributed by atoms with Crippen molar-refractivity contribution >= 4 is 11.7 Å². The minimum absolute atomic E-state index is 0.330. The summed E-state index contributed by atoms with van der Waals surface area (Å²) in [5.74, 6) is 0.792. The summed E-state index contributed by atoms with van der Waals surface area (Å²) >= 11 is 0. The molecule has 0 atom stereocenters. The van der Waals surface area contributed by atoms with Crippen LogP contribution in [0.1, 0.15) is 28.4 Å². The smallest absolute Gasteiger partial charge is 0.338 e. The average molecular weight is 285 g/mol. The van der Waals surface area contributed by atoms with Gasteiger partial charge in [-0.15, -0.1) is 0 Å². The zero-order valence-electron chi connectivity index (χ0n) is 12.5. The molecule has 2 aromatic carbocycles. The van der Waals surface area contributed by atoms with Crippen molar-refractivity contribution in [3.8, 4) is 11.5 Å². The van der Waals surface area contributed by atoms with Crippen LogP contribution in [0.4, 0.5) is 5.69 Å². The van der Waals surface area contributed by atoms with Gasteiger partial charge in [0.15, 0.2) is 5.75 Å². The van der Waals surface area contributed by atoms with Crippen LogP contribution in [-0.2, 0) is 4.74 Å². The van der Waals surface area contributed by atoms with E-state index in [-0.39, 0.29) is 5.97 Å². The monoisotopic (exact) mass is 285 g/mol. The van der Waals surface area contributed by atoms with E-state index in [9.17, 15) is 4.79 Å². The Bertz CT molecular complexity index is 665. The third kappa shape index (κ3) is 3.54. The molecule has 4 nitrogen and oxygen atoms in total. The summed E-state index contributed by atoms with van der Waals surface area (Å²) in [4.78, 5) is 11.8. The zero-order chi connectivity index (χ0) is 15.4. The first-order chi connectivity index (χ1) is 10.0. The number of aryl methyl sites for hydroxylation is 2. The van der Waals surface area contributed by atoms with Crippen molar-refractivity contribution in [1.82, 2.24) is 0 Å². The van der Waals surface area contributed by atoms with Crippen LogP contribution in [0.25, 0.3) is 0 Å². The Labute approximate surface area is 124 Å². The van der Waals surface area contributed by atoms with Crippen LogP contribution in [0.5, 0.6) is 11.5 Å². The van der Waals surface area contributed by atoms with Gasteiger partial charge >= 0.3 is 5.97 Å². The van der Waals surface area contributed by atoms with Gasteiger partial charge in [0, 0.05) is 0 Å². The molecule has 0 aliphatic heterocycles. The van der Waals surface area contributed by atoms with Gasteiger partial charge in [0.25, 0.3) is 0 Å². The van der Waals surface area contributed by atoms with Crippen molar-refractivity contribution in [3.05, 3.63) is 53.1 Å². The van der Waals surface area contributed by atoms with Crippen LogP contribution in [0, 0.1) is 13.8 Å². The molecular formula is C17H19NO3. The molecule has 0 aliphatic rings. The predicted octanol–water partition coefficient (Wildman–Crippen LogP) is 3.85. The predicted molar refractivity (Wildman–Crippen MR) is 82.8 cm³/mol. The van der Waals surface area contributed by atoms with Crippen LogP contribution in [-0.4, -0.2) is 12.6 Å². The van der Waals surface area contributed by atoms with E-state index in [4.69, 9.17) is 15.2 Å². The second kappa shape index (κ2) is 6.31. The van der Waals surface area contributed by atoms with Gasteiger partial charge in [-0.25, -0.2) is 4.79 Å². The van der Waals surface area contributed by atoms with E-state index in [0.717, 1.165) is 16.9 Å². The number of hydrogen-bond acceptors (Lipinski definition) is 4. The van der Waals surface area contributed by atoms with Gasteiger partial charge in [0.05, 0.1) is 17.9 Å². The van der Waals surface area contributed by atoms with Gasteiger partial charge in [-0.3, -0.25) is 0 Å². The summed E-state index contributed by atoms with van der Waals surface area (Å²) in [5.41, 5.74) is 8.92. The van der Waals surface area contributed by atoms with Crippen LogP contribution in [0.2, 0.25) is 0 Å². The molecule has 0 spiro atoms. The molecule has 2 N–H and O–H groups in total. The van der Waals surface area contributed by atoms with Gasteiger partial charge in [-0.05, 0) is 56.2 Å². The van der Waals surface area contributed by atoms with Crippen LogP contribution in [0.15, 0.2) is 36.4 Å². The van der Waals surface area contributed by atoms with E-state index < -0.39 is 0 Å².